The molecule has 2 aromatic rings. The zero-order valence-corrected chi connectivity index (χ0v) is 16.2. The van der Waals surface area contributed by atoms with E-state index in [2.05, 4.69) is 10.6 Å². The molecular formula is C22H24N2O5. The number of phenols is 1. The number of phenolic OH excluding ortho intramolecular Hbond substituents is 1. The molecule has 1 aliphatic rings. The third kappa shape index (κ3) is 5.00. The predicted octanol–water partition coefficient (Wildman–Crippen LogP) is 2.22. The third-order valence-corrected chi connectivity index (χ3v) is 5.19. The van der Waals surface area contributed by atoms with Crippen LogP contribution in [0.5, 0.6) is 5.75 Å². The lowest BCUT2D eigenvalue weighted by atomic mass is 9.79. The summed E-state index contributed by atoms with van der Waals surface area (Å²) in [5, 5.41) is 15.1. The number of esters is 1. The van der Waals surface area contributed by atoms with Gasteiger partial charge < -0.3 is 15.2 Å². The van der Waals surface area contributed by atoms with Crippen molar-refractivity contribution in [2.24, 2.45) is 5.92 Å². The normalized spacial score (nSPS) is 15.3. The lowest BCUT2D eigenvalue weighted by Gasteiger charge is -2.30. The van der Waals surface area contributed by atoms with Crippen molar-refractivity contribution in [2.75, 3.05) is 20.2 Å². The molecule has 1 fully saturated rings. The van der Waals surface area contributed by atoms with Crippen molar-refractivity contribution >= 4 is 17.8 Å². The number of amides is 2. The van der Waals surface area contributed by atoms with Gasteiger partial charge in [0.25, 0.3) is 5.91 Å². The molecule has 0 radical (unpaired) electrons. The number of piperidine rings is 1. The van der Waals surface area contributed by atoms with Crippen LogP contribution in [-0.4, -0.2) is 43.1 Å². The number of aromatic hydroxyl groups is 1. The van der Waals surface area contributed by atoms with Crippen molar-refractivity contribution in [3.05, 3.63) is 65.2 Å². The number of methoxy groups -OCH3 is 1. The Balaban J connectivity index is 1.82. The number of hydrogen-bond donors (Lipinski definition) is 3. The van der Waals surface area contributed by atoms with Crippen molar-refractivity contribution in [1.29, 1.82) is 0 Å². The van der Waals surface area contributed by atoms with Crippen LogP contribution in [0, 0.1) is 5.92 Å². The molecule has 29 heavy (non-hydrogen) atoms. The van der Waals surface area contributed by atoms with Gasteiger partial charge in [-0.2, -0.15) is 0 Å². The van der Waals surface area contributed by atoms with E-state index in [4.69, 9.17) is 4.74 Å². The van der Waals surface area contributed by atoms with E-state index < -0.39 is 17.8 Å². The number of ether oxygens (including phenoxy) is 1. The Labute approximate surface area is 169 Å². The maximum absolute atomic E-state index is 13.1. The fourth-order valence-corrected chi connectivity index (χ4v) is 3.63. The van der Waals surface area contributed by atoms with Gasteiger partial charge in [-0.15, -0.1) is 0 Å². The van der Waals surface area contributed by atoms with E-state index >= 15 is 0 Å². The molecule has 1 atom stereocenters. The summed E-state index contributed by atoms with van der Waals surface area (Å²) >= 11 is 0. The first-order chi connectivity index (χ1) is 14.0. The van der Waals surface area contributed by atoms with Crippen LogP contribution in [0.1, 0.15) is 45.0 Å². The number of rotatable bonds is 5. The van der Waals surface area contributed by atoms with Crippen LogP contribution in [0.2, 0.25) is 0 Å². The van der Waals surface area contributed by atoms with Gasteiger partial charge in [0.05, 0.1) is 18.6 Å². The molecule has 152 valence electrons. The Morgan fingerprint density at radius 1 is 1.00 bits per heavy atom. The minimum Gasteiger partial charge on any atom is -0.508 e. The van der Waals surface area contributed by atoms with Crippen molar-refractivity contribution in [3.8, 4) is 5.75 Å². The summed E-state index contributed by atoms with van der Waals surface area (Å²) in [6, 6.07) is 12.5. The van der Waals surface area contributed by atoms with Crippen molar-refractivity contribution < 1.29 is 24.2 Å². The molecule has 2 aromatic carbocycles. The molecule has 0 aromatic heterocycles. The standard InChI is InChI=1S/C22H24N2O5/c1-29-22(28)17-4-2-14(3-5-17)19(15-10-12-23-13-11-15)21(27)24-20(26)16-6-8-18(25)9-7-16/h2-9,15,19,23,25H,10-13H2,1H3,(H,24,26,27). The summed E-state index contributed by atoms with van der Waals surface area (Å²) in [4.78, 5) is 37.2. The second kappa shape index (κ2) is 9.34. The van der Waals surface area contributed by atoms with Crippen molar-refractivity contribution in [2.45, 2.75) is 18.8 Å². The SMILES string of the molecule is COC(=O)c1ccc(C(C(=O)NC(=O)c2ccc(O)cc2)C2CCNCC2)cc1. The number of hydrogen-bond acceptors (Lipinski definition) is 6. The first kappa shape index (κ1) is 20.5. The van der Waals surface area contributed by atoms with Gasteiger partial charge in [0.2, 0.25) is 5.91 Å². The Bertz CT molecular complexity index is 871. The second-order valence-electron chi connectivity index (χ2n) is 7.04. The summed E-state index contributed by atoms with van der Waals surface area (Å²) in [6.07, 6.45) is 1.62. The Morgan fingerprint density at radius 3 is 2.17 bits per heavy atom. The number of imide groups is 1. The maximum Gasteiger partial charge on any atom is 0.337 e. The zero-order chi connectivity index (χ0) is 20.8. The summed E-state index contributed by atoms with van der Waals surface area (Å²) in [7, 11) is 1.32. The fourth-order valence-electron chi connectivity index (χ4n) is 3.63. The molecule has 3 N–H and O–H groups in total. The van der Waals surface area contributed by atoms with Crippen LogP contribution in [0.4, 0.5) is 0 Å². The van der Waals surface area contributed by atoms with Gasteiger partial charge in [0.15, 0.2) is 0 Å². The van der Waals surface area contributed by atoms with E-state index in [1.807, 2.05) is 0 Å². The first-order valence-corrected chi connectivity index (χ1v) is 9.53. The summed E-state index contributed by atoms with van der Waals surface area (Å²) in [6.45, 7) is 1.61. The molecule has 7 heteroatoms. The molecular weight excluding hydrogens is 372 g/mol. The predicted molar refractivity (Wildman–Crippen MR) is 107 cm³/mol. The van der Waals surface area contributed by atoms with Gasteiger partial charge in [-0.3, -0.25) is 14.9 Å². The monoisotopic (exact) mass is 396 g/mol. The summed E-state index contributed by atoms with van der Waals surface area (Å²) < 4.78 is 4.72. The number of benzene rings is 2. The second-order valence-corrected chi connectivity index (χ2v) is 7.04. The quantitative estimate of drug-likeness (QED) is 0.670. The molecule has 1 saturated heterocycles. The van der Waals surface area contributed by atoms with E-state index in [9.17, 15) is 19.5 Å². The minimum absolute atomic E-state index is 0.0474. The van der Waals surface area contributed by atoms with Crippen LogP contribution in [0.25, 0.3) is 0 Å². The van der Waals surface area contributed by atoms with E-state index in [1.54, 1.807) is 24.3 Å². The smallest absolute Gasteiger partial charge is 0.337 e. The topological polar surface area (TPSA) is 105 Å². The van der Waals surface area contributed by atoms with E-state index in [-0.39, 0.29) is 17.6 Å². The Kier molecular flexibility index (Phi) is 6.61. The number of nitrogens with one attached hydrogen (secondary N) is 2. The molecule has 0 bridgehead atoms. The zero-order valence-electron chi connectivity index (χ0n) is 16.2. The molecule has 7 nitrogen and oxygen atoms in total. The molecule has 3 rings (SSSR count). The van der Waals surface area contributed by atoms with Gasteiger partial charge in [0, 0.05) is 5.56 Å². The van der Waals surface area contributed by atoms with Gasteiger partial charge in [-0.05, 0) is 73.8 Å². The molecule has 1 heterocycles. The van der Waals surface area contributed by atoms with Crippen LogP contribution in [-0.2, 0) is 9.53 Å². The van der Waals surface area contributed by atoms with Crippen LogP contribution < -0.4 is 10.6 Å². The average molecular weight is 396 g/mol. The number of carbonyl (C=O) groups excluding carboxylic acids is 3. The summed E-state index contributed by atoms with van der Waals surface area (Å²) in [5.41, 5.74) is 1.45. The number of carbonyl (C=O) groups is 3. The van der Waals surface area contributed by atoms with Crippen LogP contribution in [0.3, 0.4) is 0 Å². The highest BCUT2D eigenvalue weighted by Gasteiger charge is 2.32. The van der Waals surface area contributed by atoms with Crippen LogP contribution >= 0.6 is 0 Å². The van der Waals surface area contributed by atoms with Crippen LogP contribution in [0.15, 0.2) is 48.5 Å². The Hall–Kier alpha value is -3.19. The average Bonchev–Trinajstić information content (AvgIpc) is 2.75. The van der Waals surface area contributed by atoms with Crippen molar-refractivity contribution in [3.63, 3.8) is 0 Å². The lowest BCUT2D eigenvalue weighted by Crippen LogP contribution is -2.40. The molecule has 0 saturated carbocycles. The van der Waals surface area contributed by atoms with E-state index in [0.717, 1.165) is 31.5 Å². The van der Waals surface area contributed by atoms with Crippen molar-refractivity contribution in [1.82, 2.24) is 10.6 Å². The minimum atomic E-state index is -0.514. The highest BCUT2D eigenvalue weighted by atomic mass is 16.5. The molecule has 0 spiro atoms. The van der Waals surface area contributed by atoms with Gasteiger partial charge in [0.1, 0.15) is 5.75 Å². The molecule has 0 aliphatic carbocycles. The van der Waals surface area contributed by atoms with Gasteiger partial charge in [-0.25, -0.2) is 4.79 Å². The largest absolute Gasteiger partial charge is 0.508 e. The van der Waals surface area contributed by atoms with E-state index in [1.165, 1.54) is 31.4 Å². The highest BCUT2D eigenvalue weighted by molar-refractivity contribution is 6.06. The lowest BCUT2D eigenvalue weighted by molar-refractivity contribution is -0.123. The first-order valence-electron chi connectivity index (χ1n) is 9.53. The summed E-state index contributed by atoms with van der Waals surface area (Å²) in [5.74, 6) is -1.72. The fraction of sp³-hybridized carbons (Fsp3) is 0.318. The third-order valence-electron chi connectivity index (χ3n) is 5.19. The maximum atomic E-state index is 13.1. The Morgan fingerprint density at radius 2 is 1.59 bits per heavy atom. The van der Waals surface area contributed by atoms with Gasteiger partial charge >= 0.3 is 5.97 Å². The highest BCUT2D eigenvalue weighted by Crippen LogP contribution is 2.32. The molecule has 1 aliphatic heterocycles. The molecule has 1 unspecified atom stereocenters. The molecule has 2 amide bonds. The van der Waals surface area contributed by atoms with E-state index in [0.29, 0.717) is 11.1 Å². The van der Waals surface area contributed by atoms with Gasteiger partial charge in [-0.1, -0.05) is 12.1 Å².